The lowest BCUT2D eigenvalue weighted by atomic mass is 10.1. The van der Waals surface area contributed by atoms with Crippen LogP contribution in [0, 0.1) is 0 Å². The molecular formula is C18H16N2O. The minimum atomic E-state index is 0.0971. The molecule has 0 spiro atoms. The third-order valence-electron chi connectivity index (χ3n) is 3.30. The van der Waals surface area contributed by atoms with Crippen molar-refractivity contribution in [3.63, 3.8) is 0 Å². The zero-order valence-corrected chi connectivity index (χ0v) is 11.5. The maximum atomic E-state index is 9.62. The van der Waals surface area contributed by atoms with Gasteiger partial charge in [-0.25, -0.2) is 0 Å². The van der Waals surface area contributed by atoms with Crippen LogP contribution < -0.4 is 10.6 Å². The van der Waals surface area contributed by atoms with E-state index in [0.29, 0.717) is 5.69 Å². The van der Waals surface area contributed by atoms with Crippen LogP contribution in [0.2, 0.25) is 0 Å². The first kappa shape index (κ1) is 13.1. The normalized spacial score (nSPS) is 10.3. The number of nitrogens with two attached hydrogens (primary N) is 1. The van der Waals surface area contributed by atoms with Crippen LogP contribution in [-0.2, 0) is 0 Å². The van der Waals surface area contributed by atoms with Crippen molar-refractivity contribution in [1.29, 1.82) is 0 Å². The van der Waals surface area contributed by atoms with Gasteiger partial charge in [0.05, 0.1) is 5.69 Å². The molecule has 0 radical (unpaired) electrons. The fourth-order valence-electron chi connectivity index (χ4n) is 2.28. The second-order valence-electron chi connectivity index (χ2n) is 4.75. The van der Waals surface area contributed by atoms with Crippen molar-refractivity contribution < 1.29 is 5.11 Å². The van der Waals surface area contributed by atoms with E-state index in [2.05, 4.69) is 4.90 Å². The molecule has 0 fully saturated rings. The number of hydrogen-bond donors (Lipinski definition) is 2. The van der Waals surface area contributed by atoms with Crippen LogP contribution in [0.1, 0.15) is 0 Å². The van der Waals surface area contributed by atoms with Crippen molar-refractivity contribution in [3.8, 4) is 5.75 Å². The van der Waals surface area contributed by atoms with Gasteiger partial charge in [0.25, 0.3) is 0 Å². The summed E-state index contributed by atoms with van der Waals surface area (Å²) in [5.74, 6) is 0.0971. The zero-order valence-electron chi connectivity index (χ0n) is 11.5. The lowest BCUT2D eigenvalue weighted by Crippen LogP contribution is -2.09. The molecule has 0 saturated carbocycles. The molecule has 3 N–H and O–H groups in total. The van der Waals surface area contributed by atoms with E-state index in [0.717, 1.165) is 17.1 Å². The SMILES string of the molecule is Nc1cc(N(c2ccccc2)c2ccccc2)ccc1O. The molecule has 0 heterocycles. The van der Waals surface area contributed by atoms with Gasteiger partial charge >= 0.3 is 0 Å². The summed E-state index contributed by atoms with van der Waals surface area (Å²) in [5.41, 5.74) is 9.18. The van der Waals surface area contributed by atoms with Crippen LogP contribution in [-0.4, -0.2) is 5.11 Å². The first-order valence-corrected chi connectivity index (χ1v) is 6.74. The molecule has 0 aliphatic rings. The molecule has 0 aliphatic heterocycles. The lowest BCUT2D eigenvalue weighted by molar-refractivity contribution is 0.478. The number of hydrogen-bond acceptors (Lipinski definition) is 3. The lowest BCUT2D eigenvalue weighted by Gasteiger charge is -2.25. The van der Waals surface area contributed by atoms with Crippen molar-refractivity contribution >= 4 is 22.7 Å². The molecule has 3 aromatic carbocycles. The summed E-state index contributed by atoms with van der Waals surface area (Å²) in [6.07, 6.45) is 0. The minimum Gasteiger partial charge on any atom is -0.506 e. The number of benzene rings is 3. The fraction of sp³-hybridized carbons (Fsp3) is 0. The van der Waals surface area contributed by atoms with Gasteiger partial charge in [-0.1, -0.05) is 36.4 Å². The van der Waals surface area contributed by atoms with Crippen LogP contribution in [0.4, 0.5) is 22.7 Å². The Morgan fingerprint density at radius 1 is 0.667 bits per heavy atom. The standard InChI is InChI=1S/C18H16N2O/c19-17-13-16(11-12-18(17)21)20(14-7-3-1-4-8-14)15-9-5-2-6-10-15/h1-13,21H,19H2. The van der Waals surface area contributed by atoms with E-state index in [1.54, 1.807) is 12.1 Å². The Morgan fingerprint density at radius 3 is 1.67 bits per heavy atom. The van der Waals surface area contributed by atoms with Crippen molar-refractivity contribution in [2.24, 2.45) is 0 Å². The number of phenols is 1. The largest absolute Gasteiger partial charge is 0.506 e. The van der Waals surface area contributed by atoms with Gasteiger partial charge in [0.15, 0.2) is 0 Å². The van der Waals surface area contributed by atoms with E-state index in [1.807, 2.05) is 66.7 Å². The van der Waals surface area contributed by atoms with Crippen LogP contribution in [0.15, 0.2) is 78.9 Å². The predicted molar refractivity (Wildman–Crippen MR) is 87.2 cm³/mol. The van der Waals surface area contributed by atoms with Crippen LogP contribution in [0.5, 0.6) is 5.75 Å². The second kappa shape index (κ2) is 5.59. The highest BCUT2D eigenvalue weighted by Crippen LogP contribution is 2.36. The van der Waals surface area contributed by atoms with Gasteiger partial charge < -0.3 is 15.7 Å². The summed E-state index contributed by atoms with van der Waals surface area (Å²) in [5, 5.41) is 9.62. The maximum Gasteiger partial charge on any atom is 0.138 e. The summed E-state index contributed by atoms with van der Waals surface area (Å²) in [4.78, 5) is 2.09. The number of anilines is 4. The third-order valence-corrected chi connectivity index (χ3v) is 3.30. The molecule has 21 heavy (non-hydrogen) atoms. The molecule has 0 saturated heterocycles. The van der Waals surface area contributed by atoms with E-state index in [-0.39, 0.29) is 5.75 Å². The van der Waals surface area contributed by atoms with Crippen LogP contribution in [0.3, 0.4) is 0 Å². The Hall–Kier alpha value is -2.94. The summed E-state index contributed by atoms with van der Waals surface area (Å²) in [6.45, 7) is 0. The van der Waals surface area contributed by atoms with Crippen LogP contribution in [0.25, 0.3) is 0 Å². The molecule has 0 bridgehead atoms. The van der Waals surface area contributed by atoms with Gasteiger partial charge in [0.1, 0.15) is 5.75 Å². The number of phenolic OH excluding ortho intramolecular Hbond substituents is 1. The van der Waals surface area contributed by atoms with Crippen molar-refractivity contribution in [3.05, 3.63) is 78.9 Å². The number of para-hydroxylation sites is 2. The summed E-state index contributed by atoms with van der Waals surface area (Å²) < 4.78 is 0. The summed E-state index contributed by atoms with van der Waals surface area (Å²) in [7, 11) is 0. The zero-order chi connectivity index (χ0) is 14.7. The molecule has 0 aliphatic carbocycles. The Bertz CT molecular complexity index is 687. The number of nitrogens with zero attached hydrogens (tertiary/aromatic N) is 1. The maximum absolute atomic E-state index is 9.62. The van der Waals surface area contributed by atoms with Crippen molar-refractivity contribution in [2.75, 3.05) is 10.6 Å². The molecule has 104 valence electrons. The molecule has 3 rings (SSSR count). The number of aromatic hydroxyl groups is 1. The quantitative estimate of drug-likeness (QED) is 0.549. The molecule has 0 atom stereocenters. The highest BCUT2D eigenvalue weighted by Gasteiger charge is 2.12. The highest BCUT2D eigenvalue weighted by molar-refractivity contribution is 5.78. The average molecular weight is 276 g/mol. The Labute approximate surface area is 123 Å². The minimum absolute atomic E-state index is 0.0971. The second-order valence-corrected chi connectivity index (χ2v) is 4.75. The Kier molecular flexibility index (Phi) is 3.48. The monoisotopic (exact) mass is 276 g/mol. The smallest absolute Gasteiger partial charge is 0.138 e. The number of rotatable bonds is 3. The topological polar surface area (TPSA) is 49.5 Å². The summed E-state index contributed by atoms with van der Waals surface area (Å²) in [6, 6.07) is 25.3. The van der Waals surface area contributed by atoms with E-state index in [1.165, 1.54) is 0 Å². The third kappa shape index (κ3) is 2.67. The van der Waals surface area contributed by atoms with Gasteiger partial charge in [-0.2, -0.15) is 0 Å². The molecule has 0 unspecified atom stereocenters. The molecule has 3 nitrogen and oxygen atoms in total. The van der Waals surface area contributed by atoms with Gasteiger partial charge in [0.2, 0.25) is 0 Å². The van der Waals surface area contributed by atoms with E-state index in [9.17, 15) is 5.11 Å². The van der Waals surface area contributed by atoms with Crippen molar-refractivity contribution in [2.45, 2.75) is 0 Å². The Balaban J connectivity index is 2.14. The van der Waals surface area contributed by atoms with Gasteiger partial charge in [-0.05, 0) is 42.5 Å². The molecule has 0 aromatic heterocycles. The highest BCUT2D eigenvalue weighted by atomic mass is 16.3. The van der Waals surface area contributed by atoms with Crippen LogP contribution >= 0.6 is 0 Å². The van der Waals surface area contributed by atoms with E-state index < -0.39 is 0 Å². The fourth-order valence-corrected chi connectivity index (χ4v) is 2.28. The summed E-state index contributed by atoms with van der Waals surface area (Å²) >= 11 is 0. The van der Waals surface area contributed by atoms with Gasteiger partial charge in [-0.3, -0.25) is 0 Å². The first-order valence-electron chi connectivity index (χ1n) is 6.74. The average Bonchev–Trinajstić information content (AvgIpc) is 2.53. The Morgan fingerprint density at radius 2 is 1.19 bits per heavy atom. The predicted octanol–water partition coefficient (Wildman–Crippen LogP) is 4.44. The molecule has 3 heteroatoms. The van der Waals surface area contributed by atoms with Gasteiger partial charge in [-0.15, -0.1) is 0 Å². The number of nitrogen functional groups attached to an aromatic ring is 1. The molecule has 0 amide bonds. The van der Waals surface area contributed by atoms with Crippen molar-refractivity contribution in [1.82, 2.24) is 0 Å². The van der Waals surface area contributed by atoms with E-state index in [4.69, 9.17) is 5.73 Å². The molecular weight excluding hydrogens is 260 g/mol. The molecule has 3 aromatic rings. The van der Waals surface area contributed by atoms with E-state index >= 15 is 0 Å². The van der Waals surface area contributed by atoms with Gasteiger partial charge in [0, 0.05) is 17.1 Å². The first-order chi connectivity index (χ1) is 10.3.